The first kappa shape index (κ1) is 16.3. The molecule has 0 nitrogen and oxygen atoms in total. The molecule has 0 unspecified atom stereocenters. The van der Waals surface area contributed by atoms with Gasteiger partial charge in [-0.2, -0.15) is 0 Å². The van der Waals surface area contributed by atoms with E-state index in [1.165, 1.54) is 64.2 Å². The summed E-state index contributed by atoms with van der Waals surface area (Å²) in [6.07, 6.45) is 15.0. The van der Waals surface area contributed by atoms with Crippen LogP contribution in [0.15, 0.2) is 24.3 Å². The molecular formula is C18H29BIP. The molecule has 2 saturated carbocycles. The van der Waals surface area contributed by atoms with Gasteiger partial charge in [0, 0.05) is 0 Å². The maximum absolute atomic E-state index is 2.76. The van der Waals surface area contributed by atoms with Crippen LogP contribution in [0.25, 0.3) is 0 Å². The van der Waals surface area contributed by atoms with Gasteiger partial charge in [-0.05, 0) is 0 Å². The van der Waals surface area contributed by atoms with Crippen LogP contribution in [-0.4, -0.2) is 18.9 Å². The van der Waals surface area contributed by atoms with Gasteiger partial charge >= 0.3 is 146 Å². The van der Waals surface area contributed by atoms with Gasteiger partial charge in [-0.15, -0.1) is 0 Å². The molecule has 0 saturated heterocycles. The first-order chi connectivity index (χ1) is 10.2. The molecule has 0 radical (unpaired) electrons. The summed E-state index contributed by atoms with van der Waals surface area (Å²) in [5, 5.41) is 1.80. The average molecular weight is 414 g/mol. The molecule has 0 bridgehead atoms. The van der Waals surface area contributed by atoms with Crippen LogP contribution in [0.4, 0.5) is 0 Å². The number of hydrogen-bond acceptors (Lipinski definition) is 0. The molecule has 2 aliphatic carbocycles. The van der Waals surface area contributed by atoms with Crippen molar-refractivity contribution in [2.24, 2.45) is 0 Å². The van der Waals surface area contributed by atoms with Crippen LogP contribution in [-0.2, 0) is 0 Å². The summed E-state index contributed by atoms with van der Waals surface area (Å²) in [5.41, 5.74) is 2.09. The SMILES string of the molecule is B[PH](c1ccccc1I)(C1CCCCC1)C1CCCCC1. The van der Waals surface area contributed by atoms with Crippen LogP contribution in [0, 0.1) is 3.57 Å². The second kappa shape index (κ2) is 7.34. The van der Waals surface area contributed by atoms with Crippen molar-refractivity contribution in [1.29, 1.82) is 0 Å². The topological polar surface area (TPSA) is 0 Å². The molecule has 1 aromatic carbocycles. The van der Waals surface area contributed by atoms with Crippen LogP contribution in [0.1, 0.15) is 64.2 Å². The predicted molar refractivity (Wildman–Crippen MR) is 109 cm³/mol. The van der Waals surface area contributed by atoms with Gasteiger partial charge in [-0.25, -0.2) is 0 Å². The number of hydrogen-bond donors (Lipinski definition) is 0. The molecule has 0 N–H and O–H groups in total. The normalized spacial score (nSPS) is 23.1. The van der Waals surface area contributed by atoms with E-state index in [0.29, 0.717) is 0 Å². The first-order valence-corrected chi connectivity index (χ1v) is 12.7. The average Bonchev–Trinajstić information content (AvgIpc) is 2.56. The van der Waals surface area contributed by atoms with Crippen molar-refractivity contribution in [2.75, 3.05) is 0 Å². The van der Waals surface area contributed by atoms with E-state index in [0.717, 1.165) is 11.3 Å². The second-order valence-corrected chi connectivity index (χ2v) is 13.3. The molecular weight excluding hydrogens is 385 g/mol. The third-order valence-corrected chi connectivity index (χ3v) is 14.0. The minimum atomic E-state index is -1.38. The van der Waals surface area contributed by atoms with Gasteiger partial charge in [0.05, 0.1) is 0 Å². The molecule has 2 fully saturated rings. The van der Waals surface area contributed by atoms with Crippen molar-refractivity contribution in [3.05, 3.63) is 27.8 Å². The zero-order valence-electron chi connectivity index (χ0n) is 13.4. The number of rotatable bonds is 3. The molecule has 0 heterocycles. The monoisotopic (exact) mass is 414 g/mol. The first-order valence-electron chi connectivity index (χ1n) is 8.98. The summed E-state index contributed by atoms with van der Waals surface area (Å²) in [5.74, 6) is 0. The van der Waals surface area contributed by atoms with E-state index in [9.17, 15) is 0 Å². The summed E-state index contributed by atoms with van der Waals surface area (Å²) in [4.78, 5) is 0. The molecule has 21 heavy (non-hydrogen) atoms. The van der Waals surface area contributed by atoms with Crippen LogP contribution in [0.3, 0.4) is 0 Å². The molecule has 0 aromatic heterocycles. The van der Waals surface area contributed by atoms with Gasteiger partial charge in [0.25, 0.3) is 0 Å². The van der Waals surface area contributed by atoms with Crippen molar-refractivity contribution >= 4 is 42.6 Å². The van der Waals surface area contributed by atoms with E-state index < -0.39 is 7.14 Å². The van der Waals surface area contributed by atoms with Gasteiger partial charge in [0.2, 0.25) is 0 Å². The van der Waals surface area contributed by atoms with E-state index in [1.54, 1.807) is 8.87 Å². The van der Waals surface area contributed by atoms with Gasteiger partial charge in [0.15, 0.2) is 0 Å². The second-order valence-electron chi connectivity index (χ2n) is 7.43. The van der Waals surface area contributed by atoms with E-state index in [1.807, 2.05) is 0 Å². The summed E-state index contributed by atoms with van der Waals surface area (Å²) < 4.78 is 1.56. The van der Waals surface area contributed by atoms with Gasteiger partial charge in [-0.1, -0.05) is 0 Å². The van der Waals surface area contributed by atoms with Crippen molar-refractivity contribution in [3.8, 4) is 0 Å². The minimum absolute atomic E-state index is 1.05. The Morgan fingerprint density at radius 3 is 1.76 bits per heavy atom. The third-order valence-electron chi connectivity index (χ3n) is 6.36. The van der Waals surface area contributed by atoms with Gasteiger partial charge in [-0.3, -0.25) is 0 Å². The van der Waals surface area contributed by atoms with Crippen molar-refractivity contribution in [2.45, 2.75) is 75.5 Å². The Balaban J connectivity index is 1.98. The number of benzene rings is 1. The molecule has 1 aromatic rings. The molecule has 116 valence electrons. The Hall–Kier alpha value is 0.445. The Labute approximate surface area is 145 Å². The fraction of sp³-hybridized carbons (Fsp3) is 0.667. The van der Waals surface area contributed by atoms with Crippen LogP contribution >= 0.6 is 29.7 Å². The molecule has 0 spiro atoms. The molecule has 0 atom stereocenters. The van der Waals surface area contributed by atoms with Crippen LogP contribution in [0.2, 0.25) is 0 Å². The van der Waals surface area contributed by atoms with Crippen LogP contribution < -0.4 is 5.30 Å². The van der Waals surface area contributed by atoms with E-state index >= 15 is 0 Å². The Morgan fingerprint density at radius 2 is 1.29 bits per heavy atom. The van der Waals surface area contributed by atoms with Gasteiger partial charge in [0.1, 0.15) is 0 Å². The van der Waals surface area contributed by atoms with Crippen molar-refractivity contribution in [3.63, 3.8) is 0 Å². The maximum atomic E-state index is 2.76. The molecule has 0 amide bonds. The predicted octanol–water partition coefficient (Wildman–Crippen LogP) is 4.88. The summed E-state index contributed by atoms with van der Waals surface area (Å²) >= 11 is 2.61. The summed E-state index contributed by atoms with van der Waals surface area (Å²) in [6, 6.07) is 9.38. The Morgan fingerprint density at radius 1 is 0.810 bits per heavy atom. The molecule has 0 aliphatic heterocycles. The zero-order valence-corrected chi connectivity index (χ0v) is 16.6. The fourth-order valence-electron chi connectivity index (χ4n) is 5.08. The Bertz CT molecular complexity index is 446. The molecule has 2 aliphatic rings. The molecule has 3 rings (SSSR count). The van der Waals surface area contributed by atoms with Crippen LogP contribution in [0.5, 0.6) is 0 Å². The quantitative estimate of drug-likeness (QED) is 0.376. The van der Waals surface area contributed by atoms with E-state index in [2.05, 4.69) is 54.4 Å². The van der Waals surface area contributed by atoms with E-state index in [-0.39, 0.29) is 0 Å². The summed E-state index contributed by atoms with van der Waals surface area (Å²) in [7, 11) is 1.38. The van der Waals surface area contributed by atoms with Crippen molar-refractivity contribution in [1.82, 2.24) is 0 Å². The Kier molecular flexibility index (Phi) is 5.70. The van der Waals surface area contributed by atoms with Crippen molar-refractivity contribution < 1.29 is 0 Å². The fourth-order valence-corrected chi connectivity index (χ4v) is 13.0. The third kappa shape index (κ3) is 3.37. The standard InChI is InChI=1S/C18H29BIP/c19-21(15-9-3-1-4-10-15,16-11-5-2-6-12-16)18-14-8-7-13-17(18)20/h7-8,13-16,21H,1-6,9-12,19H2. The van der Waals surface area contributed by atoms with E-state index in [4.69, 9.17) is 0 Å². The summed E-state index contributed by atoms with van der Waals surface area (Å²) in [6.45, 7) is 0. The van der Waals surface area contributed by atoms with Gasteiger partial charge < -0.3 is 0 Å². The molecule has 3 heteroatoms. The zero-order chi connectivity index (χ0) is 14.7. The number of halogens is 1.